The van der Waals surface area contributed by atoms with E-state index in [1.165, 1.54) is 114 Å². The monoisotopic (exact) mass is 636 g/mol. The van der Waals surface area contributed by atoms with Gasteiger partial charge in [-0.05, 0) is 117 Å². The van der Waals surface area contributed by atoms with Crippen LogP contribution in [0.5, 0.6) is 0 Å². The molecule has 2 heterocycles. The van der Waals surface area contributed by atoms with Gasteiger partial charge in [0, 0.05) is 19.5 Å². The lowest BCUT2D eigenvalue weighted by atomic mass is 9.86. The highest BCUT2D eigenvalue weighted by atomic mass is 32.1. The van der Waals surface area contributed by atoms with Crippen molar-refractivity contribution >= 4 is 55.0 Å². The summed E-state index contributed by atoms with van der Waals surface area (Å²) in [5.74, 6) is 0. The summed E-state index contributed by atoms with van der Waals surface area (Å²) in [6.45, 7) is 4.61. The normalized spacial score (nSPS) is 11.7. The molecule has 5 aromatic carbocycles. The van der Waals surface area contributed by atoms with E-state index in [2.05, 4.69) is 123 Å². The minimum atomic E-state index is 1.15. The first-order valence-corrected chi connectivity index (χ1v) is 19.0. The third-order valence-corrected chi connectivity index (χ3v) is 12.0. The maximum Gasteiger partial charge on any atom is 0.0449 e. The number of aryl methyl sites for hydroxylation is 2. The molecule has 0 N–H and O–H groups in total. The van der Waals surface area contributed by atoms with Crippen molar-refractivity contribution in [2.24, 2.45) is 0 Å². The van der Waals surface area contributed by atoms with E-state index in [4.69, 9.17) is 0 Å². The molecule has 0 unspecified atom stereocenters. The van der Waals surface area contributed by atoms with E-state index in [1.54, 1.807) is 11.1 Å². The lowest BCUT2D eigenvalue weighted by molar-refractivity contribution is 0.668. The van der Waals surface area contributed by atoms with E-state index in [1.807, 2.05) is 22.7 Å². The molecule has 0 aliphatic carbocycles. The molecule has 46 heavy (non-hydrogen) atoms. The van der Waals surface area contributed by atoms with Crippen LogP contribution in [0.3, 0.4) is 0 Å². The van der Waals surface area contributed by atoms with Crippen molar-refractivity contribution in [3.8, 4) is 30.6 Å². The van der Waals surface area contributed by atoms with Gasteiger partial charge in [0.1, 0.15) is 0 Å². The zero-order valence-corrected chi connectivity index (χ0v) is 28.9. The Hall–Kier alpha value is -3.72. The minimum absolute atomic E-state index is 1.15. The maximum absolute atomic E-state index is 2.52. The highest BCUT2D eigenvalue weighted by molar-refractivity contribution is 7.25. The Bertz CT molecular complexity index is 2090. The van der Waals surface area contributed by atoms with Crippen molar-refractivity contribution in [2.45, 2.75) is 78.1 Å². The molecule has 7 aromatic rings. The molecule has 0 saturated heterocycles. The largest absolute Gasteiger partial charge is 0.134 e. The zero-order valence-electron chi connectivity index (χ0n) is 27.3. The van der Waals surface area contributed by atoms with Gasteiger partial charge in [0.2, 0.25) is 0 Å². The van der Waals surface area contributed by atoms with Gasteiger partial charge in [-0.2, -0.15) is 0 Å². The molecule has 2 aromatic heterocycles. The number of hydrogen-bond acceptors (Lipinski definition) is 2. The van der Waals surface area contributed by atoms with E-state index in [9.17, 15) is 0 Å². The van der Waals surface area contributed by atoms with E-state index in [0.717, 1.165) is 12.8 Å². The molecule has 0 bridgehead atoms. The van der Waals surface area contributed by atoms with E-state index in [0.29, 0.717) is 0 Å². The second-order valence-electron chi connectivity index (χ2n) is 12.8. The van der Waals surface area contributed by atoms with Crippen molar-refractivity contribution in [3.05, 3.63) is 120 Å². The van der Waals surface area contributed by atoms with E-state index >= 15 is 0 Å². The van der Waals surface area contributed by atoms with Gasteiger partial charge < -0.3 is 0 Å². The Balaban J connectivity index is 1.24. The van der Waals surface area contributed by atoms with Gasteiger partial charge in [0.15, 0.2) is 0 Å². The van der Waals surface area contributed by atoms with E-state index < -0.39 is 0 Å². The quantitative estimate of drug-likeness (QED) is 0.0872. The molecule has 0 aliphatic heterocycles. The lowest BCUT2D eigenvalue weighted by Gasteiger charge is -2.18. The Morgan fingerprint density at radius 2 is 0.891 bits per heavy atom. The fourth-order valence-electron chi connectivity index (χ4n) is 7.10. The van der Waals surface area contributed by atoms with Gasteiger partial charge in [-0.3, -0.25) is 0 Å². The van der Waals surface area contributed by atoms with Crippen LogP contribution >= 0.6 is 22.7 Å². The Kier molecular flexibility index (Phi) is 9.65. The van der Waals surface area contributed by atoms with Crippen LogP contribution in [0, 0.1) is 0 Å². The van der Waals surface area contributed by atoms with Crippen LogP contribution < -0.4 is 0 Å². The number of rotatable bonds is 13. The average molecular weight is 637 g/mol. The fraction of sp³-hybridized carbons (Fsp3) is 0.273. The summed E-state index contributed by atoms with van der Waals surface area (Å²) in [6.07, 6.45) is 12.6. The lowest BCUT2D eigenvalue weighted by Crippen LogP contribution is -1.98. The van der Waals surface area contributed by atoms with Crippen molar-refractivity contribution in [3.63, 3.8) is 0 Å². The number of fused-ring (bicyclic) bond motifs is 3. The number of thiophene rings is 2. The number of unbranched alkanes of at least 4 members (excludes halogenated alkanes) is 6. The van der Waals surface area contributed by atoms with Crippen molar-refractivity contribution in [1.29, 1.82) is 0 Å². The smallest absolute Gasteiger partial charge is 0.0449 e. The maximum atomic E-state index is 2.52. The number of hydrogen-bond donors (Lipinski definition) is 0. The summed E-state index contributed by atoms with van der Waals surface area (Å²) in [5.41, 5.74) is 5.75. The van der Waals surface area contributed by atoms with Crippen LogP contribution in [0.2, 0.25) is 0 Å². The minimum Gasteiger partial charge on any atom is -0.134 e. The van der Waals surface area contributed by atoms with Crippen LogP contribution in [0.1, 0.15) is 76.3 Å². The third-order valence-electron chi connectivity index (χ3n) is 9.58. The van der Waals surface area contributed by atoms with Crippen LogP contribution in [0.15, 0.2) is 109 Å². The average Bonchev–Trinajstić information content (AvgIpc) is 3.80. The first-order valence-electron chi connectivity index (χ1n) is 17.4. The molecule has 7 rings (SSSR count). The summed E-state index contributed by atoms with van der Waals surface area (Å²) in [7, 11) is 0. The molecule has 2 heteroatoms. The predicted molar refractivity (Wildman–Crippen MR) is 207 cm³/mol. The van der Waals surface area contributed by atoms with Crippen molar-refractivity contribution in [2.75, 3.05) is 0 Å². The van der Waals surface area contributed by atoms with Crippen LogP contribution in [0.4, 0.5) is 0 Å². The topological polar surface area (TPSA) is 0 Å². The highest BCUT2D eigenvalue weighted by Gasteiger charge is 2.16. The second-order valence-corrected chi connectivity index (χ2v) is 14.9. The molecule has 0 radical (unpaired) electrons. The van der Waals surface area contributed by atoms with Crippen LogP contribution in [0.25, 0.3) is 63.0 Å². The van der Waals surface area contributed by atoms with Gasteiger partial charge in [-0.15, -0.1) is 22.7 Å². The van der Waals surface area contributed by atoms with Gasteiger partial charge in [0.05, 0.1) is 0 Å². The van der Waals surface area contributed by atoms with Gasteiger partial charge >= 0.3 is 0 Å². The Morgan fingerprint density at radius 1 is 0.391 bits per heavy atom. The summed E-state index contributed by atoms with van der Waals surface area (Å²) in [5, 5.41) is 8.49. The van der Waals surface area contributed by atoms with Crippen LogP contribution in [-0.4, -0.2) is 0 Å². The Labute approximate surface area is 282 Å². The van der Waals surface area contributed by atoms with Crippen LogP contribution in [-0.2, 0) is 12.8 Å². The molecule has 0 spiro atoms. The van der Waals surface area contributed by atoms with Crippen molar-refractivity contribution < 1.29 is 0 Å². The Morgan fingerprint density at radius 3 is 1.52 bits per heavy atom. The van der Waals surface area contributed by atoms with Crippen molar-refractivity contribution in [1.82, 2.24) is 0 Å². The summed E-state index contributed by atoms with van der Waals surface area (Å²) >= 11 is 3.83. The SMILES string of the molecule is CCCCCCc1c2ccccc2c(CCCCCC)c2cc(-c3ccc(-c4ccc(-c5ccc6ccccc6c5)s4)s3)ccc12. The first-order chi connectivity index (χ1) is 22.7. The molecular formula is C44H44S2. The summed E-state index contributed by atoms with van der Waals surface area (Å²) in [6, 6.07) is 41.3. The molecule has 0 fully saturated rings. The molecule has 0 nitrogen and oxygen atoms in total. The molecule has 0 atom stereocenters. The number of benzene rings is 5. The summed E-state index contributed by atoms with van der Waals surface area (Å²) < 4.78 is 0. The first kappa shape index (κ1) is 30.9. The fourth-order valence-corrected chi connectivity index (χ4v) is 9.19. The zero-order chi connectivity index (χ0) is 31.3. The molecule has 232 valence electrons. The van der Waals surface area contributed by atoms with E-state index in [-0.39, 0.29) is 0 Å². The molecular weight excluding hydrogens is 593 g/mol. The third kappa shape index (κ3) is 6.43. The van der Waals surface area contributed by atoms with Gasteiger partial charge in [0.25, 0.3) is 0 Å². The molecule has 0 saturated carbocycles. The standard InChI is InChI=1S/C44H44S2/c1-3-5-7-9-17-37-35-19-13-14-20-36(35)38(18-10-8-6-4-2)40-30-34(23-24-39(37)40)42-26-28-44(46-42)43-27-25-41(45-43)33-22-21-31-15-11-12-16-32(31)29-33/h11-16,19-30H,3-10,17-18H2,1-2H3. The van der Waals surface area contributed by atoms with Gasteiger partial charge in [-0.25, -0.2) is 0 Å². The highest BCUT2D eigenvalue weighted by Crippen LogP contribution is 2.43. The van der Waals surface area contributed by atoms with Gasteiger partial charge in [-0.1, -0.05) is 125 Å². The summed E-state index contributed by atoms with van der Waals surface area (Å²) in [4.78, 5) is 5.37. The second kappa shape index (κ2) is 14.4. The molecule has 0 amide bonds. The molecule has 0 aliphatic rings. The predicted octanol–water partition coefficient (Wildman–Crippen LogP) is 14.5.